The highest BCUT2D eigenvalue weighted by molar-refractivity contribution is 7.85. The van der Waals surface area contributed by atoms with Gasteiger partial charge in [0.15, 0.2) is 0 Å². The third-order valence-corrected chi connectivity index (χ3v) is 8.24. The summed E-state index contributed by atoms with van der Waals surface area (Å²) in [5.41, 5.74) is 4.10. The van der Waals surface area contributed by atoms with Gasteiger partial charge in [-0.3, -0.25) is 14.2 Å². The van der Waals surface area contributed by atoms with Crippen LogP contribution in [0, 0.1) is 6.92 Å². The van der Waals surface area contributed by atoms with Crippen LogP contribution in [0.1, 0.15) is 37.0 Å². The van der Waals surface area contributed by atoms with Crippen LogP contribution >= 0.6 is 23.1 Å². The van der Waals surface area contributed by atoms with Crippen molar-refractivity contribution in [3.05, 3.63) is 52.0 Å². The number of carbonyl (C=O) groups is 1. The van der Waals surface area contributed by atoms with Gasteiger partial charge in [0, 0.05) is 60.7 Å². The highest BCUT2D eigenvalue weighted by Gasteiger charge is 2.34. The van der Waals surface area contributed by atoms with E-state index >= 15 is 0 Å². The summed E-state index contributed by atoms with van der Waals surface area (Å²) >= 11 is 8.33. The van der Waals surface area contributed by atoms with Gasteiger partial charge >= 0.3 is 0 Å². The second kappa shape index (κ2) is 10.9. The predicted octanol–water partition coefficient (Wildman–Crippen LogP) is 4.75. The van der Waals surface area contributed by atoms with E-state index < -0.39 is 10.1 Å². The largest absolute Gasteiger partial charge is 0.353 e. The van der Waals surface area contributed by atoms with E-state index in [1.165, 1.54) is 21.2 Å². The minimum absolute atomic E-state index is 0.0696. The molecule has 3 heterocycles. The zero-order chi connectivity index (χ0) is 27.0. The maximum absolute atomic E-state index is 12.1. The fourth-order valence-corrected chi connectivity index (χ4v) is 6.02. The van der Waals surface area contributed by atoms with Crippen LogP contribution < -0.4 is 10.2 Å². The molecule has 2 N–H and O–H groups in total. The van der Waals surface area contributed by atoms with Crippen molar-refractivity contribution in [1.82, 2.24) is 9.27 Å². The van der Waals surface area contributed by atoms with Gasteiger partial charge in [0.25, 0.3) is 10.1 Å². The predicted molar refractivity (Wildman–Crippen MR) is 152 cm³/mol. The van der Waals surface area contributed by atoms with E-state index in [1.807, 2.05) is 6.92 Å². The number of anilines is 2. The molecule has 2 aromatic carbocycles. The molecule has 5 rings (SSSR count). The lowest BCUT2D eigenvalue weighted by atomic mass is 9.76. The van der Waals surface area contributed by atoms with Crippen LogP contribution in [-0.2, 0) is 26.7 Å². The van der Waals surface area contributed by atoms with Crippen molar-refractivity contribution in [3.8, 4) is 0 Å². The fourth-order valence-electron chi connectivity index (χ4n) is 4.98. The molecular weight excluding hydrogens is 532 g/mol. The molecule has 0 aliphatic carbocycles. The van der Waals surface area contributed by atoms with Gasteiger partial charge in [0.1, 0.15) is 5.82 Å². The molecule has 0 spiro atoms. The van der Waals surface area contributed by atoms with Crippen molar-refractivity contribution >= 4 is 60.8 Å². The molecule has 1 fully saturated rings. The number of nitrogens with one attached hydrogen (secondary N) is 1. The summed E-state index contributed by atoms with van der Waals surface area (Å²) in [5.74, 6) is 1.20. The van der Waals surface area contributed by atoms with Gasteiger partial charge in [-0.2, -0.15) is 12.8 Å². The monoisotopic (exact) mass is 564 g/mol. The van der Waals surface area contributed by atoms with Gasteiger partial charge in [-0.25, -0.2) is 0 Å². The van der Waals surface area contributed by atoms with Crippen molar-refractivity contribution in [2.45, 2.75) is 39.0 Å². The Morgan fingerprint density at radius 3 is 2.51 bits per heavy atom. The van der Waals surface area contributed by atoms with Crippen molar-refractivity contribution in [2.24, 2.45) is 0 Å². The Balaban J connectivity index is 0.000000586. The standard InChI is InChI=1S/C25H29ClN4OS.CH4O3S/c1-16-22(26)17(14-19-23(16)27-21(31)15-25(19,2)3)8-9-29-10-12-30(13-11-29)24-18-6-4-5-7-20(18)32-28-24;1-5(2,3)4/h4-7,14H,8-13,15H2,1-3H3,(H,27,31);1H3,(H,2,3,4). The highest BCUT2D eigenvalue weighted by atomic mass is 35.5. The second-order valence-electron chi connectivity index (χ2n) is 10.3. The molecule has 0 bridgehead atoms. The molecule has 0 unspecified atom stereocenters. The minimum atomic E-state index is -3.67. The second-order valence-corrected chi connectivity index (χ2v) is 13.0. The quantitative estimate of drug-likeness (QED) is 0.441. The normalized spacial score (nSPS) is 17.7. The highest BCUT2D eigenvalue weighted by Crippen LogP contribution is 2.42. The Bertz CT molecular complexity index is 1410. The summed E-state index contributed by atoms with van der Waals surface area (Å²) in [6.45, 7) is 11.3. The van der Waals surface area contributed by atoms with Crippen LogP contribution in [-0.4, -0.2) is 67.1 Å². The molecule has 1 saturated heterocycles. The van der Waals surface area contributed by atoms with Crippen LogP contribution in [0.25, 0.3) is 10.1 Å². The Hall–Kier alpha value is -2.24. The van der Waals surface area contributed by atoms with Gasteiger partial charge in [-0.15, -0.1) is 0 Å². The van der Waals surface area contributed by atoms with Crippen molar-refractivity contribution in [3.63, 3.8) is 0 Å². The van der Waals surface area contributed by atoms with E-state index in [4.69, 9.17) is 20.5 Å². The molecular formula is C26H33ClN4O4S2. The lowest BCUT2D eigenvalue weighted by molar-refractivity contribution is -0.117. The Morgan fingerprint density at radius 2 is 1.84 bits per heavy atom. The molecule has 3 aromatic rings. The van der Waals surface area contributed by atoms with E-state index in [9.17, 15) is 13.2 Å². The average molecular weight is 565 g/mol. The maximum Gasteiger partial charge on any atom is 0.261 e. The topological polar surface area (TPSA) is 103 Å². The van der Waals surface area contributed by atoms with Crippen LogP contribution in [0.2, 0.25) is 5.02 Å². The number of hydrogen-bond donors (Lipinski definition) is 2. The van der Waals surface area contributed by atoms with Crippen molar-refractivity contribution < 1.29 is 17.8 Å². The van der Waals surface area contributed by atoms with Crippen LogP contribution in [0.15, 0.2) is 30.3 Å². The number of hydrogen-bond acceptors (Lipinski definition) is 7. The summed E-state index contributed by atoms with van der Waals surface area (Å²) in [7, 11) is -3.67. The summed E-state index contributed by atoms with van der Waals surface area (Å²) in [4.78, 5) is 17.1. The molecule has 2 aliphatic rings. The number of rotatable bonds is 4. The van der Waals surface area contributed by atoms with E-state index in [-0.39, 0.29) is 11.3 Å². The number of benzene rings is 2. The Morgan fingerprint density at radius 1 is 1.19 bits per heavy atom. The fraction of sp³-hybridized carbons (Fsp3) is 0.462. The number of halogens is 1. The third-order valence-electron chi connectivity index (χ3n) is 6.90. The first-order chi connectivity index (χ1) is 17.3. The number of carbonyl (C=O) groups excluding carboxylic acids is 1. The Labute approximate surface area is 227 Å². The minimum Gasteiger partial charge on any atom is -0.353 e. The van der Waals surface area contributed by atoms with Crippen LogP contribution in [0.3, 0.4) is 0 Å². The van der Waals surface area contributed by atoms with Gasteiger partial charge in [0.2, 0.25) is 5.91 Å². The lowest BCUT2D eigenvalue weighted by Crippen LogP contribution is -2.47. The van der Waals surface area contributed by atoms with Gasteiger partial charge < -0.3 is 10.2 Å². The molecule has 37 heavy (non-hydrogen) atoms. The number of piperazine rings is 1. The third kappa shape index (κ3) is 6.61. The first kappa shape index (κ1) is 27.8. The summed E-state index contributed by atoms with van der Waals surface area (Å²) in [6, 6.07) is 10.7. The summed E-state index contributed by atoms with van der Waals surface area (Å²) < 4.78 is 31.8. The van der Waals surface area contributed by atoms with E-state index in [1.54, 1.807) is 11.5 Å². The zero-order valence-corrected chi connectivity index (χ0v) is 23.9. The van der Waals surface area contributed by atoms with E-state index in [0.717, 1.165) is 61.2 Å². The summed E-state index contributed by atoms with van der Waals surface area (Å²) in [5, 5.41) is 5.09. The molecule has 1 aromatic heterocycles. The van der Waals surface area contributed by atoms with E-state index in [0.29, 0.717) is 12.7 Å². The van der Waals surface area contributed by atoms with Crippen LogP contribution in [0.4, 0.5) is 11.5 Å². The van der Waals surface area contributed by atoms with Gasteiger partial charge in [-0.05, 0) is 53.7 Å². The molecule has 8 nitrogen and oxygen atoms in total. The van der Waals surface area contributed by atoms with Crippen molar-refractivity contribution in [1.29, 1.82) is 0 Å². The SMILES string of the molecule is CS(=O)(=O)O.Cc1c(Cl)c(CCN2CCN(c3nsc4ccccc34)CC2)cc2c1NC(=O)CC2(C)C. The Kier molecular flexibility index (Phi) is 8.16. The molecule has 200 valence electrons. The molecule has 11 heteroatoms. The number of amides is 1. The molecule has 1 amide bonds. The smallest absolute Gasteiger partial charge is 0.261 e. The molecule has 0 radical (unpaired) electrons. The number of nitrogens with zero attached hydrogens (tertiary/aromatic N) is 3. The molecule has 0 atom stereocenters. The first-order valence-corrected chi connectivity index (χ1v) is 15.2. The number of fused-ring (bicyclic) bond motifs is 2. The maximum atomic E-state index is 12.1. The molecule has 2 aliphatic heterocycles. The van der Waals surface area contributed by atoms with Crippen LogP contribution in [0.5, 0.6) is 0 Å². The van der Waals surface area contributed by atoms with E-state index in [2.05, 4.69) is 59.3 Å². The number of aromatic nitrogens is 1. The first-order valence-electron chi connectivity index (χ1n) is 12.2. The summed E-state index contributed by atoms with van der Waals surface area (Å²) in [6.07, 6.45) is 2.14. The lowest BCUT2D eigenvalue weighted by Gasteiger charge is -2.36. The average Bonchev–Trinajstić information content (AvgIpc) is 3.24. The van der Waals surface area contributed by atoms with Gasteiger partial charge in [0.05, 0.1) is 11.0 Å². The van der Waals surface area contributed by atoms with Crippen molar-refractivity contribution in [2.75, 3.05) is 49.2 Å². The molecule has 0 saturated carbocycles. The van der Waals surface area contributed by atoms with Gasteiger partial charge in [-0.1, -0.05) is 43.6 Å². The zero-order valence-electron chi connectivity index (χ0n) is 21.5.